The Morgan fingerprint density at radius 1 is 1.10 bits per heavy atom. The van der Waals surface area contributed by atoms with Crippen LogP contribution in [0.15, 0.2) is 47.6 Å². The maximum atomic E-state index is 12.4. The molecule has 0 spiro atoms. The number of hydrogen-bond acceptors (Lipinski definition) is 6. The molecule has 0 bridgehead atoms. The number of nitrogens with one attached hydrogen (secondary N) is 1. The van der Waals surface area contributed by atoms with Crippen molar-refractivity contribution in [1.82, 2.24) is 14.8 Å². The minimum atomic E-state index is -0.126. The van der Waals surface area contributed by atoms with E-state index in [9.17, 15) is 4.79 Å². The number of methoxy groups -OCH3 is 2. The molecule has 1 N–H and O–H groups in total. The molecule has 29 heavy (non-hydrogen) atoms. The summed E-state index contributed by atoms with van der Waals surface area (Å²) in [5.41, 5.74) is 2.82. The van der Waals surface area contributed by atoms with Crippen LogP contribution in [0.5, 0.6) is 11.5 Å². The Labute approximate surface area is 174 Å². The molecule has 0 aliphatic rings. The fourth-order valence-corrected chi connectivity index (χ4v) is 3.52. The summed E-state index contributed by atoms with van der Waals surface area (Å²) in [6, 6.07) is 13.5. The van der Waals surface area contributed by atoms with Gasteiger partial charge in [0.25, 0.3) is 0 Å². The third-order valence-electron chi connectivity index (χ3n) is 4.41. The molecule has 0 radical (unpaired) electrons. The number of nitrogens with zero attached hydrogens (tertiary/aromatic N) is 3. The maximum absolute atomic E-state index is 12.4. The summed E-state index contributed by atoms with van der Waals surface area (Å²) < 4.78 is 12.4. The topological polar surface area (TPSA) is 78.3 Å². The molecule has 1 aromatic heterocycles. The molecule has 3 rings (SSSR count). The highest BCUT2D eigenvalue weighted by Crippen LogP contribution is 2.26. The molecule has 0 saturated heterocycles. The van der Waals surface area contributed by atoms with Gasteiger partial charge >= 0.3 is 0 Å². The third kappa shape index (κ3) is 5.29. The maximum Gasteiger partial charge on any atom is 0.234 e. The average Bonchev–Trinajstić information content (AvgIpc) is 3.06. The molecule has 2 aromatic carbocycles. The zero-order valence-electron chi connectivity index (χ0n) is 16.9. The number of ether oxygens (including phenoxy) is 2. The normalized spacial score (nSPS) is 10.6. The van der Waals surface area contributed by atoms with Gasteiger partial charge in [0.15, 0.2) is 5.16 Å². The van der Waals surface area contributed by atoms with Gasteiger partial charge in [-0.3, -0.25) is 4.79 Å². The summed E-state index contributed by atoms with van der Waals surface area (Å²) in [5.74, 6) is 2.39. The lowest BCUT2D eigenvalue weighted by atomic mass is 10.1. The van der Waals surface area contributed by atoms with E-state index in [2.05, 4.69) is 15.5 Å². The molecular weight excluding hydrogens is 388 g/mol. The monoisotopic (exact) mass is 412 g/mol. The first-order chi connectivity index (χ1) is 14.0. The van der Waals surface area contributed by atoms with Gasteiger partial charge in [0.2, 0.25) is 5.91 Å². The lowest BCUT2D eigenvalue weighted by Gasteiger charge is -2.11. The summed E-state index contributed by atoms with van der Waals surface area (Å²) in [4.78, 5) is 12.4. The van der Waals surface area contributed by atoms with E-state index in [1.807, 2.05) is 61.0 Å². The second kappa shape index (κ2) is 9.47. The van der Waals surface area contributed by atoms with Crippen molar-refractivity contribution >= 4 is 23.4 Å². The predicted molar refractivity (Wildman–Crippen MR) is 114 cm³/mol. The summed E-state index contributed by atoms with van der Waals surface area (Å²) in [7, 11) is 5.13. The summed E-state index contributed by atoms with van der Waals surface area (Å²) in [5, 5.41) is 12.1. The number of carbonyl (C=O) groups is 1. The lowest BCUT2D eigenvalue weighted by Crippen LogP contribution is -2.15. The molecule has 0 fully saturated rings. The highest BCUT2D eigenvalue weighted by Gasteiger charge is 2.13. The summed E-state index contributed by atoms with van der Waals surface area (Å²) in [6.07, 6.45) is 0.654. The molecule has 1 amide bonds. The van der Waals surface area contributed by atoms with Crippen LogP contribution in [-0.2, 0) is 18.3 Å². The molecule has 0 aliphatic carbocycles. The smallest absolute Gasteiger partial charge is 0.234 e. The third-order valence-corrected chi connectivity index (χ3v) is 5.43. The van der Waals surface area contributed by atoms with E-state index in [0.29, 0.717) is 23.0 Å². The number of thioether (sulfide) groups is 1. The van der Waals surface area contributed by atoms with E-state index in [0.717, 1.165) is 22.7 Å². The van der Waals surface area contributed by atoms with Gasteiger partial charge in [-0.25, -0.2) is 0 Å². The van der Waals surface area contributed by atoms with Crippen LogP contribution >= 0.6 is 11.8 Å². The number of aryl methyl sites for hydroxylation is 1. The number of aromatic nitrogens is 3. The first-order valence-corrected chi connectivity index (χ1v) is 10.1. The Bertz CT molecular complexity index is 986. The Hall–Kier alpha value is -3.00. The minimum Gasteiger partial charge on any atom is -0.497 e. The Kier molecular flexibility index (Phi) is 6.77. The molecular formula is C21H24N4O3S. The quantitative estimate of drug-likeness (QED) is 0.571. The van der Waals surface area contributed by atoms with E-state index >= 15 is 0 Å². The van der Waals surface area contributed by atoms with E-state index < -0.39 is 0 Å². The van der Waals surface area contributed by atoms with Crippen LogP contribution < -0.4 is 14.8 Å². The highest BCUT2D eigenvalue weighted by molar-refractivity contribution is 7.99. The van der Waals surface area contributed by atoms with Gasteiger partial charge in [0.1, 0.15) is 17.3 Å². The zero-order chi connectivity index (χ0) is 20.8. The van der Waals surface area contributed by atoms with E-state index in [4.69, 9.17) is 9.47 Å². The Morgan fingerprint density at radius 2 is 1.86 bits per heavy atom. The molecule has 0 unspecified atom stereocenters. The molecule has 7 nitrogen and oxygen atoms in total. The molecule has 1 heterocycles. The van der Waals surface area contributed by atoms with Gasteiger partial charge in [-0.05, 0) is 42.3 Å². The van der Waals surface area contributed by atoms with Gasteiger partial charge in [0.05, 0.1) is 25.7 Å². The summed E-state index contributed by atoms with van der Waals surface area (Å²) >= 11 is 1.35. The standard InChI is InChI=1S/C21H24N4O3S/c1-14-5-10-18(28-4)17(11-14)22-20(26)13-29-21-24-23-19(25(21)2)12-15-6-8-16(27-3)9-7-15/h5-11H,12-13H2,1-4H3,(H,22,26). The molecule has 0 aliphatic heterocycles. The van der Waals surface area contributed by atoms with Crippen molar-refractivity contribution in [3.8, 4) is 11.5 Å². The second-order valence-corrected chi connectivity index (χ2v) is 7.47. The van der Waals surface area contributed by atoms with E-state index in [-0.39, 0.29) is 11.7 Å². The van der Waals surface area contributed by atoms with Crippen molar-refractivity contribution in [2.24, 2.45) is 7.05 Å². The Morgan fingerprint density at radius 3 is 2.55 bits per heavy atom. The van der Waals surface area contributed by atoms with Crippen LogP contribution in [0.3, 0.4) is 0 Å². The minimum absolute atomic E-state index is 0.126. The second-order valence-electron chi connectivity index (χ2n) is 6.52. The number of carbonyl (C=O) groups excluding carboxylic acids is 1. The van der Waals surface area contributed by atoms with Crippen molar-refractivity contribution in [2.45, 2.75) is 18.5 Å². The van der Waals surface area contributed by atoms with Crippen LogP contribution in [0.25, 0.3) is 0 Å². The predicted octanol–water partition coefficient (Wildman–Crippen LogP) is 3.46. The van der Waals surface area contributed by atoms with Crippen molar-refractivity contribution in [3.63, 3.8) is 0 Å². The SMILES string of the molecule is COc1ccc(Cc2nnc(SCC(=O)Nc3cc(C)ccc3OC)n2C)cc1. The average molecular weight is 413 g/mol. The van der Waals surface area contributed by atoms with E-state index in [1.54, 1.807) is 14.2 Å². The number of rotatable bonds is 8. The number of benzene rings is 2. The largest absolute Gasteiger partial charge is 0.497 e. The molecule has 8 heteroatoms. The number of amides is 1. The van der Waals surface area contributed by atoms with Gasteiger partial charge in [0, 0.05) is 13.5 Å². The van der Waals surface area contributed by atoms with Crippen molar-refractivity contribution < 1.29 is 14.3 Å². The van der Waals surface area contributed by atoms with Gasteiger partial charge < -0.3 is 19.4 Å². The lowest BCUT2D eigenvalue weighted by molar-refractivity contribution is -0.113. The number of anilines is 1. The first-order valence-electron chi connectivity index (χ1n) is 9.08. The van der Waals surface area contributed by atoms with Crippen molar-refractivity contribution in [3.05, 3.63) is 59.4 Å². The van der Waals surface area contributed by atoms with Crippen LogP contribution in [-0.4, -0.2) is 40.6 Å². The highest BCUT2D eigenvalue weighted by atomic mass is 32.2. The molecule has 0 saturated carbocycles. The van der Waals surface area contributed by atoms with Gasteiger partial charge in [-0.2, -0.15) is 0 Å². The summed E-state index contributed by atoms with van der Waals surface area (Å²) in [6.45, 7) is 1.97. The van der Waals surface area contributed by atoms with Crippen LogP contribution in [0.2, 0.25) is 0 Å². The zero-order valence-corrected chi connectivity index (χ0v) is 17.7. The number of hydrogen-bond donors (Lipinski definition) is 1. The molecule has 0 atom stereocenters. The van der Waals surface area contributed by atoms with Crippen molar-refractivity contribution in [2.75, 3.05) is 25.3 Å². The fourth-order valence-electron chi connectivity index (χ4n) is 2.79. The van der Waals surface area contributed by atoms with Crippen LogP contribution in [0.4, 0.5) is 5.69 Å². The Balaban J connectivity index is 1.60. The first kappa shape index (κ1) is 20.7. The van der Waals surface area contributed by atoms with Gasteiger partial charge in [-0.15, -0.1) is 10.2 Å². The van der Waals surface area contributed by atoms with E-state index in [1.165, 1.54) is 11.8 Å². The molecule has 3 aromatic rings. The van der Waals surface area contributed by atoms with Gasteiger partial charge in [-0.1, -0.05) is 30.0 Å². The molecule has 152 valence electrons. The van der Waals surface area contributed by atoms with Crippen molar-refractivity contribution in [1.29, 1.82) is 0 Å². The van der Waals surface area contributed by atoms with Crippen LogP contribution in [0.1, 0.15) is 17.0 Å². The van der Waals surface area contributed by atoms with Crippen LogP contribution in [0, 0.1) is 6.92 Å². The fraction of sp³-hybridized carbons (Fsp3) is 0.286.